The third kappa shape index (κ3) is 5.63. The second-order valence-electron chi connectivity index (χ2n) is 8.27. The van der Waals surface area contributed by atoms with Gasteiger partial charge in [-0.25, -0.2) is 9.48 Å². The van der Waals surface area contributed by atoms with E-state index in [-0.39, 0.29) is 13.0 Å². The van der Waals surface area contributed by atoms with Crippen LogP contribution in [0.25, 0.3) is 11.4 Å². The van der Waals surface area contributed by atoms with Crippen LogP contribution in [-0.4, -0.2) is 55.6 Å². The molecule has 1 aliphatic rings. The monoisotopic (exact) mass is 439 g/mol. The third-order valence-electron chi connectivity index (χ3n) is 5.57. The lowest BCUT2D eigenvalue weighted by atomic mass is 10.0. The van der Waals surface area contributed by atoms with Gasteiger partial charge in [-0.05, 0) is 38.3 Å². The van der Waals surface area contributed by atoms with Crippen LogP contribution in [0.2, 0.25) is 0 Å². The predicted octanol–water partition coefficient (Wildman–Crippen LogP) is 3.16. The van der Waals surface area contributed by atoms with Crippen LogP contribution in [0.5, 0.6) is 0 Å². The Balaban J connectivity index is 1.74. The van der Waals surface area contributed by atoms with Gasteiger partial charge in [-0.3, -0.25) is 9.78 Å². The summed E-state index contributed by atoms with van der Waals surface area (Å²) < 4.78 is 7.02. The number of hydrogen-bond acceptors (Lipinski definition) is 6. The van der Waals surface area contributed by atoms with Crippen molar-refractivity contribution in [1.29, 1.82) is 0 Å². The maximum atomic E-state index is 12.2. The zero-order valence-corrected chi connectivity index (χ0v) is 19.0. The standard InChI is InChI=1S/C23H29N5O4/c1-5-6-13-27(3)22(31)32-15-19-21(25-26-28(19)4)18-8-7-17(16(2)24-18)9-10-23(11-12-23)14-20(29)30/h7-8H,5-6,11-15H2,1-4H3,(H,29,30). The number of pyridine rings is 1. The molecule has 9 heteroatoms. The van der Waals surface area contributed by atoms with E-state index in [9.17, 15) is 9.59 Å². The summed E-state index contributed by atoms with van der Waals surface area (Å²) in [4.78, 5) is 29.4. The Kier molecular flexibility index (Phi) is 7.13. The van der Waals surface area contributed by atoms with Crippen LogP contribution in [0.3, 0.4) is 0 Å². The Labute approximate surface area is 187 Å². The second-order valence-corrected chi connectivity index (χ2v) is 8.27. The summed E-state index contributed by atoms with van der Waals surface area (Å²) in [6.07, 6.45) is 3.22. The molecule has 0 unspecified atom stereocenters. The van der Waals surface area contributed by atoms with Gasteiger partial charge in [0.1, 0.15) is 18.0 Å². The zero-order chi connectivity index (χ0) is 23.3. The minimum Gasteiger partial charge on any atom is -0.481 e. The smallest absolute Gasteiger partial charge is 0.409 e. The van der Waals surface area contributed by atoms with Crippen molar-refractivity contribution in [3.05, 3.63) is 29.1 Å². The van der Waals surface area contributed by atoms with E-state index in [0.717, 1.165) is 31.2 Å². The number of carbonyl (C=O) groups excluding carboxylic acids is 1. The molecule has 0 bridgehead atoms. The van der Waals surface area contributed by atoms with Gasteiger partial charge in [0, 0.05) is 31.6 Å². The first kappa shape index (κ1) is 23.3. The summed E-state index contributed by atoms with van der Waals surface area (Å²) in [5.74, 6) is 5.40. The highest BCUT2D eigenvalue weighted by atomic mass is 16.6. The average molecular weight is 440 g/mol. The van der Waals surface area contributed by atoms with Gasteiger partial charge >= 0.3 is 12.1 Å². The SMILES string of the molecule is CCCCN(C)C(=O)OCc1c(-c2ccc(C#CC3(CC(=O)O)CC3)c(C)n2)nnn1C. The number of aromatic nitrogens is 4. The number of ether oxygens (including phenoxy) is 1. The molecule has 1 saturated carbocycles. The highest BCUT2D eigenvalue weighted by molar-refractivity contribution is 5.69. The Morgan fingerprint density at radius 3 is 2.72 bits per heavy atom. The molecule has 1 N–H and O–H groups in total. The molecule has 1 amide bonds. The number of amides is 1. The number of aryl methyl sites for hydroxylation is 2. The fourth-order valence-corrected chi connectivity index (χ4v) is 3.28. The topological polar surface area (TPSA) is 110 Å². The summed E-state index contributed by atoms with van der Waals surface area (Å²) in [5.41, 5.74) is 2.87. The van der Waals surface area contributed by atoms with Gasteiger partial charge in [0.2, 0.25) is 0 Å². The van der Waals surface area contributed by atoms with Crippen LogP contribution >= 0.6 is 0 Å². The molecule has 2 aromatic heterocycles. The second kappa shape index (κ2) is 9.81. The van der Waals surface area contributed by atoms with Crippen molar-refractivity contribution < 1.29 is 19.4 Å². The highest BCUT2D eigenvalue weighted by Crippen LogP contribution is 2.48. The Morgan fingerprint density at radius 2 is 2.09 bits per heavy atom. The zero-order valence-electron chi connectivity index (χ0n) is 19.0. The average Bonchev–Trinajstić information content (AvgIpc) is 3.41. The van der Waals surface area contributed by atoms with Gasteiger partial charge in [0.25, 0.3) is 0 Å². The van der Waals surface area contributed by atoms with Crippen molar-refractivity contribution in [1.82, 2.24) is 24.9 Å². The van der Waals surface area contributed by atoms with Gasteiger partial charge in [-0.1, -0.05) is 30.4 Å². The van der Waals surface area contributed by atoms with Crippen molar-refractivity contribution in [2.24, 2.45) is 12.5 Å². The molecule has 0 atom stereocenters. The Bertz CT molecular complexity index is 1060. The minimum atomic E-state index is -0.825. The molecule has 0 radical (unpaired) electrons. The maximum Gasteiger partial charge on any atom is 0.409 e. The van der Waals surface area contributed by atoms with Gasteiger partial charge < -0.3 is 14.7 Å². The summed E-state index contributed by atoms with van der Waals surface area (Å²) in [6.45, 7) is 4.60. The molecule has 2 aromatic rings. The largest absolute Gasteiger partial charge is 0.481 e. The molecule has 0 saturated heterocycles. The summed E-state index contributed by atoms with van der Waals surface area (Å²) in [7, 11) is 3.46. The van der Waals surface area contributed by atoms with E-state index in [1.165, 1.54) is 0 Å². The molecule has 2 heterocycles. The van der Waals surface area contributed by atoms with E-state index in [1.54, 1.807) is 29.7 Å². The van der Waals surface area contributed by atoms with Crippen LogP contribution in [-0.2, 0) is 23.2 Å². The van der Waals surface area contributed by atoms with Crippen LogP contribution in [0, 0.1) is 24.2 Å². The van der Waals surface area contributed by atoms with E-state index >= 15 is 0 Å². The quantitative estimate of drug-likeness (QED) is 0.629. The van der Waals surface area contributed by atoms with Gasteiger partial charge in [-0.15, -0.1) is 5.10 Å². The van der Waals surface area contributed by atoms with Gasteiger partial charge in [0.05, 0.1) is 17.8 Å². The van der Waals surface area contributed by atoms with Crippen molar-refractivity contribution >= 4 is 12.1 Å². The lowest BCUT2D eigenvalue weighted by Crippen LogP contribution is -2.28. The normalized spacial score (nSPS) is 13.8. The van der Waals surface area contributed by atoms with Crippen LogP contribution in [0.4, 0.5) is 4.79 Å². The molecule has 0 aliphatic heterocycles. The van der Waals surface area contributed by atoms with E-state index in [1.807, 2.05) is 13.0 Å². The molecule has 0 aromatic carbocycles. The minimum absolute atomic E-state index is 0.0358. The van der Waals surface area contributed by atoms with Crippen molar-refractivity contribution in [3.63, 3.8) is 0 Å². The fourth-order valence-electron chi connectivity index (χ4n) is 3.28. The highest BCUT2D eigenvalue weighted by Gasteiger charge is 2.43. The number of hydrogen-bond donors (Lipinski definition) is 1. The fraction of sp³-hybridized carbons (Fsp3) is 0.522. The molecule has 9 nitrogen and oxygen atoms in total. The van der Waals surface area contributed by atoms with Crippen LogP contribution in [0.15, 0.2) is 12.1 Å². The van der Waals surface area contributed by atoms with E-state index in [2.05, 4.69) is 34.1 Å². The first-order valence-corrected chi connectivity index (χ1v) is 10.7. The van der Waals surface area contributed by atoms with E-state index in [0.29, 0.717) is 29.3 Å². The predicted molar refractivity (Wildman–Crippen MR) is 117 cm³/mol. The third-order valence-corrected chi connectivity index (χ3v) is 5.57. The number of carboxylic acids is 1. The lowest BCUT2D eigenvalue weighted by molar-refractivity contribution is -0.137. The van der Waals surface area contributed by atoms with E-state index < -0.39 is 17.5 Å². The number of nitrogens with zero attached hydrogens (tertiary/aromatic N) is 5. The molecule has 170 valence electrons. The van der Waals surface area contributed by atoms with Crippen LogP contribution in [0.1, 0.15) is 56.0 Å². The van der Waals surface area contributed by atoms with Crippen molar-refractivity contribution in [3.8, 4) is 23.2 Å². The molecule has 1 aliphatic carbocycles. The Hall–Kier alpha value is -3.41. The number of carbonyl (C=O) groups is 2. The number of unbranched alkanes of at least 4 members (excludes halogenated alkanes) is 1. The lowest BCUT2D eigenvalue weighted by Gasteiger charge is -2.16. The molecule has 0 spiro atoms. The first-order chi connectivity index (χ1) is 15.2. The van der Waals surface area contributed by atoms with Gasteiger partial charge in [0.15, 0.2) is 0 Å². The van der Waals surface area contributed by atoms with Gasteiger partial charge in [-0.2, -0.15) is 0 Å². The number of rotatable bonds is 8. The molecular formula is C23H29N5O4. The summed E-state index contributed by atoms with van der Waals surface area (Å²) in [5, 5.41) is 17.3. The Morgan fingerprint density at radius 1 is 1.34 bits per heavy atom. The first-order valence-electron chi connectivity index (χ1n) is 10.7. The van der Waals surface area contributed by atoms with Crippen LogP contribution < -0.4 is 0 Å². The molecule has 3 rings (SSSR count). The summed E-state index contributed by atoms with van der Waals surface area (Å²) >= 11 is 0. The molecule has 1 fully saturated rings. The maximum absolute atomic E-state index is 12.2. The number of carboxylic acid groups (broad SMARTS) is 1. The van der Waals surface area contributed by atoms with E-state index in [4.69, 9.17) is 9.84 Å². The van der Waals surface area contributed by atoms with Crippen molar-refractivity contribution in [2.45, 2.75) is 52.6 Å². The van der Waals surface area contributed by atoms with Crippen molar-refractivity contribution in [2.75, 3.05) is 13.6 Å². The summed E-state index contributed by atoms with van der Waals surface area (Å²) in [6, 6.07) is 3.65. The molecule has 32 heavy (non-hydrogen) atoms. The number of aliphatic carboxylic acids is 1. The molecular weight excluding hydrogens is 410 g/mol.